The van der Waals surface area contributed by atoms with Crippen LogP contribution in [0, 0.1) is 6.92 Å². The first kappa shape index (κ1) is 15.7. The van der Waals surface area contributed by atoms with Crippen LogP contribution in [0.4, 0.5) is 5.82 Å². The van der Waals surface area contributed by atoms with Gasteiger partial charge in [-0.2, -0.15) is 0 Å². The molecular weight excluding hydrogens is 272 g/mol. The van der Waals surface area contributed by atoms with Gasteiger partial charge in [0.15, 0.2) is 0 Å². The van der Waals surface area contributed by atoms with Gasteiger partial charge < -0.3 is 9.80 Å². The summed E-state index contributed by atoms with van der Waals surface area (Å²) in [5, 5.41) is 0. The highest BCUT2D eigenvalue weighted by atomic mass is 15.2. The van der Waals surface area contributed by atoms with E-state index in [-0.39, 0.29) is 0 Å². The Hall–Kier alpha value is -1.16. The molecule has 4 nitrogen and oxygen atoms in total. The fourth-order valence-electron chi connectivity index (χ4n) is 3.91. The molecule has 0 aromatic carbocycles. The van der Waals surface area contributed by atoms with Gasteiger partial charge in [-0.05, 0) is 52.1 Å². The maximum atomic E-state index is 4.72. The lowest BCUT2D eigenvalue weighted by Gasteiger charge is -2.39. The van der Waals surface area contributed by atoms with Crippen LogP contribution in [-0.4, -0.2) is 47.1 Å². The number of aryl methyl sites for hydroxylation is 2. The summed E-state index contributed by atoms with van der Waals surface area (Å²) >= 11 is 0. The molecule has 0 spiro atoms. The zero-order valence-electron chi connectivity index (χ0n) is 14.2. The summed E-state index contributed by atoms with van der Waals surface area (Å²) in [6, 6.07) is 0.794. The lowest BCUT2D eigenvalue weighted by atomic mass is 10.0. The summed E-state index contributed by atoms with van der Waals surface area (Å²) in [6.45, 7) is 9.11. The molecule has 2 aliphatic rings. The average Bonchev–Trinajstić information content (AvgIpc) is 2.84. The smallest absolute Gasteiger partial charge is 0.135 e. The zero-order chi connectivity index (χ0) is 15.4. The SMILES string of the molecule is CCc1cnc(C)nc1N1CCC(N2CCCCCC2)CC1. The third-order valence-corrected chi connectivity index (χ3v) is 5.26. The van der Waals surface area contributed by atoms with Crippen molar-refractivity contribution in [3.8, 4) is 0 Å². The van der Waals surface area contributed by atoms with E-state index in [9.17, 15) is 0 Å². The molecule has 2 saturated heterocycles. The van der Waals surface area contributed by atoms with Crippen LogP contribution in [0.1, 0.15) is 56.8 Å². The molecule has 0 amide bonds. The third-order valence-electron chi connectivity index (χ3n) is 5.26. The van der Waals surface area contributed by atoms with Crippen molar-refractivity contribution in [1.29, 1.82) is 0 Å². The van der Waals surface area contributed by atoms with E-state index in [1.165, 1.54) is 63.0 Å². The highest BCUT2D eigenvalue weighted by Gasteiger charge is 2.26. The van der Waals surface area contributed by atoms with Crippen LogP contribution in [0.2, 0.25) is 0 Å². The van der Waals surface area contributed by atoms with Crippen molar-refractivity contribution in [2.45, 2.75) is 64.8 Å². The molecule has 1 aromatic heterocycles. The first-order valence-corrected chi connectivity index (χ1v) is 9.09. The molecule has 2 aliphatic heterocycles. The Morgan fingerprint density at radius 2 is 1.73 bits per heavy atom. The van der Waals surface area contributed by atoms with Gasteiger partial charge in [0.1, 0.15) is 11.6 Å². The van der Waals surface area contributed by atoms with Crippen molar-refractivity contribution < 1.29 is 0 Å². The first-order chi connectivity index (χ1) is 10.8. The lowest BCUT2D eigenvalue weighted by Crippen LogP contribution is -2.45. The van der Waals surface area contributed by atoms with Crippen LogP contribution in [0.15, 0.2) is 6.20 Å². The van der Waals surface area contributed by atoms with Crippen LogP contribution in [0.5, 0.6) is 0 Å². The van der Waals surface area contributed by atoms with Crippen molar-refractivity contribution in [1.82, 2.24) is 14.9 Å². The van der Waals surface area contributed by atoms with Gasteiger partial charge in [-0.3, -0.25) is 0 Å². The largest absolute Gasteiger partial charge is 0.356 e. The van der Waals surface area contributed by atoms with Gasteiger partial charge in [0.25, 0.3) is 0 Å². The van der Waals surface area contributed by atoms with Crippen molar-refractivity contribution in [3.05, 3.63) is 17.6 Å². The average molecular weight is 302 g/mol. The number of anilines is 1. The van der Waals surface area contributed by atoms with Gasteiger partial charge in [-0.1, -0.05) is 19.8 Å². The Kier molecular flexibility index (Phi) is 5.29. The number of hydrogen-bond acceptors (Lipinski definition) is 4. The maximum absolute atomic E-state index is 4.72. The molecule has 0 atom stereocenters. The van der Waals surface area contributed by atoms with E-state index < -0.39 is 0 Å². The minimum atomic E-state index is 0.794. The molecule has 4 heteroatoms. The molecule has 1 aromatic rings. The van der Waals surface area contributed by atoms with E-state index in [4.69, 9.17) is 4.98 Å². The fourth-order valence-corrected chi connectivity index (χ4v) is 3.91. The second kappa shape index (κ2) is 7.40. The van der Waals surface area contributed by atoms with Crippen LogP contribution in [0.3, 0.4) is 0 Å². The van der Waals surface area contributed by atoms with Crippen molar-refractivity contribution in [2.75, 3.05) is 31.1 Å². The summed E-state index contributed by atoms with van der Waals surface area (Å²) in [5.41, 5.74) is 1.29. The van der Waals surface area contributed by atoms with Gasteiger partial charge >= 0.3 is 0 Å². The molecule has 0 saturated carbocycles. The van der Waals surface area contributed by atoms with Crippen LogP contribution < -0.4 is 4.90 Å². The van der Waals surface area contributed by atoms with Gasteiger partial charge in [0, 0.05) is 30.9 Å². The summed E-state index contributed by atoms with van der Waals surface area (Å²) in [5.74, 6) is 2.08. The van der Waals surface area contributed by atoms with Gasteiger partial charge in [-0.25, -0.2) is 9.97 Å². The minimum Gasteiger partial charge on any atom is -0.356 e. The van der Waals surface area contributed by atoms with E-state index in [0.717, 1.165) is 31.4 Å². The quantitative estimate of drug-likeness (QED) is 0.858. The van der Waals surface area contributed by atoms with E-state index in [0.29, 0.717) is 0 Å². The Morgan fingerprint density at radius 3 is 2.36 bits per heavy atom. The van der Waals surface area contributed by atoms with Crippen molar-refractivity contribution >= 4 is 5.82 Å². The van der Waals surface area contributed by atoms with E-state index >= 15 is 0 Å². The van der Waals surface area contributed by atoms with Gasteiger partial charge in [-0.15, -0.1) is 0 Å². The molecule has 0 N–H and O–H groups in total. The molecule has 3 heterocycles. The first-order valence-electron chi connectivity index (χ1n) is 9.09. The second-order valence-electron chi connectivity index (χ2n) is 6.79. The summed E-state index contributed by atoms with van der Waals surface area (Å²) < 4.78 is 0. The van der Waals surface area contributed by atoms with Gasteiger partial charge in [0.05, 0.1) is 0 Å². The third kappa shape index (κ3) is 3.60. The van der Waals surface area contributed by atoms with Crippen molar-refractivity contribution in [2.24, 2.45) is 0 Å². The van der Waals surface area contributed by atoms with E-state index in [2.05, 4.69) is 21.7 Å². The number of nitrogens with zero attached hydrogens (tertiary/aromatic N) is 4. The van der Waals surface area contributed by atoms with E-state index in [1.807, 2.05) is 13.1 Å². The van der Waals surface area contributed by atoms with Crippen LogP contribution in [-0.2, 0) is 6.42 Å². The molecule has 0 bridgehead atoms. The highest BCUT2D eigenvalue weighted by molar-refractivity contribution is 5.46. The van der Waals surface area contributed by atoms with Crippen molar-refractivity contribution in [3.63, 3.8) is 0 Å². The predicted molar refractivity (Wildman–Crippen MR) is 91.4 cm³/mol. The fraction of sp³-hybridized carbons (Fsp3) is 0.778. The number of aromatic nitrogens is 2. The predicted octanol–water partition coefficient (Wildman–Crippen LogP) is 3.19. The zero-order valence-corrected chi connectivity index (χ0v) is 14.2. The molecule has 2 fully saturated rings. The summed E-state index contributed by atoms with van der Waals surface area (Å²) in [6.07, 6.45) is 11.2. The Labute approximate surface area is 134 Å². The molecule has 0 aliphatic carbocycles. The number of rotatable bonds is 3. The summed E-state index contributed by atoms with van der Waals surface area (Å²) in [7, 11) is 0. The standard InChI is InChI=1S/C18H30N4/c1-3-16-14-19-15(2)20-18(16)22-12-8-17(9-13-22)21-10-6-4-5-7-11-21/h14,17H,3-13H2,1-2H3. The molecule has 3 rings (SSSR count). The molecular formula is C18H30N4. The molecule has 122 valence electrons. The number of likely N-dealkylation sites (tertiary alicyclic amines) is 1. The Bertz CT molecular complexity index is 472. The monoisotopic (exact) mass is 302 g/mol. The summed E-state index contributed by atoms with van der Waals surface area (Å²) in [4.78, 5) is 14.3. The van der Waals surface area contributed by atoms with E-state index in [1.54, 1.807) is 0 Å². The number of hydrogen-bond donors (Lipinski definition) is 0. The molecule has 0 unspecified atom stereocenters. The van der Waals surface area contributed by atoms with Gasteiger partial charge in [0.2, 0.25) is 0 Å². The topological polar surface area (TPSA) is 32.3 Å². The molecule has 0 radical (unpaired) electrons. The maximum Gasteiger partial charge on any atom is 0.135 e. The Morgan fingerprint density at radius 1 is 1.05 bits per heavy atom. The normalized spacial score (nSPS) is 21.8. The highest BCUT2D eigenvalue weighted by Crippen LogP contribution is 2.25. The second-order valence-corrected chi connectivity index (χ2v) is 6.79. The molecule has 22 heavy (non-hydrogen) atoms. The minimum absolute atomic E-state index is 0.794. The Balaban J connectivity index is 1.62. The number of piperidine rings is 1. The van der Waals surface area contributed by atoms with Crippen LogP contribution in [0.25, 0.3) is 0 Å². The lowest BCUT2D eigenvalue weighted by molar-refractivity contribution is 0.175. The van der Waals surface area contributed by atoms with Crippen LogP contribution >= 0.6 is 0 Å².